The van der Waals surface area contributed by atoms with Gasteiger partial charge in [0.15, 0.2) is 8.32 Å². The SMILES string of the molecule is CCCCCCC1(C[C@@H](CC2(C[C@@H](O)COCc3ccccc3)SCCCS2)O[Si](C)(C)C(C)(C)C)SCCCS1. The van der Waals surface area contributed by atoms with Crippen molar-refractivity contribution in [1.82, 2.24) is 0 Å². The number of unbranched alkanes of at least 4 members (excludes halogenated alkanes) is 3. The van der Waals surface area contributed by atoms with E-state index in [2.05, 4.69) is 100.0 Å². The van der Waals surface area contributed by atoms with Crippen LogP contribution in [0, 0.1) is 0 Å². The lowest BCUT2D eigenvalue weighted by Gasteiger charge is -2.47. The average molecular weight is 659 g/mol. The molecule has 236 valence electrons. The van der Waals surface area contributed by atoms with E-state index in [9.17, 15) is 5.11 Å². The van der Waals surface area contributed by atoms with Crippen molar-refractivity contribution in [2.45, 2.75) is 137 Å². The summed E-state index contributed by atoms with van der Waals surface area (Å²) >= 11 is 8.63. The summed E-state index contributed by atoms with van der Waals surface area (Å²) in [6.07, 6.45) is 11.8. The van der Waals surface area contributed by atoms with Gasteiger partial charge in [-0.25, -0.2) is 0 Å². The largest absolute Gasteiger partial charge is 0.414 e. The van der Waals surface area contributed by atoms with E-state index in [-0.39, 0.29) is 19.3 Å². The van der Waals surface area contributed by atoms with Crippen LogP contribution in [0.5, 0.6) is 0 Å². The van der Waals surface area contributed by atoms with E-state index in [0.717, 1.165) is 24.8 Å². The van der Waals surface area contributed by atoms with Crippen LogP contribution in [-0.2, 0) is 15.8 Å². The Morgan fingerprint density at radius 1 is 0.854 bits per heavy atom. The fourth-order valence-corrected chi connectivity index (χ4v) is 13.9. The normalized spacial score (nSPS) is 21.0. The second kappa shape index (κ2) is 17.4. The van der Waals surface area contributed by atoms with Gasteiger partial charge in [-0.15, -0.1) is 47.0 Å². The summed E-state index contributed by atoms with van der Waals surface area (Å²) in [4.78, 5) is 0. The Balaban J connectivity index is 1.76. The van der Waals surface area contributed by atoms with Gasteiger partial charge in [0.25, 0.3) is 0 Å². The van der Waals surface area contributed by atoms with E-state index in [1.165, 1.54) is 68.0 Å². The molecule has 0 aromatic heterocycles. The number of aliphatic hydroxyl groups excluding tert-OH is 1. The van der Waals surface area contributed by atoms with E-state index in [0.29, 0.717) is 13.2 Å². The van der Waals surface area contributed by atoms with Crippen molar-refractivity contribution in [3.05, 3.63) is 35.9 Å². The molecule has 2 aliphatic rings. The number of thioether (sulfide) groups is 4. The van der Waals surface area contributed by atoms with Crippen LogP contribution in [0.15, 0.2) is 30.3 Å². The van der Waals surface area contributed by atoms with Crippen LogP contribution in [0.1, 0.15) is 97.5 Å². The van der Waals surface area contributed by atoms with Crippen molar-refractivity contribution < 1.29 is 14.3 Å². The molecule has 0 spiro atoms. The fourth-order valence-electron chi connectivity index (χ4n) is 5.49. The van der Waals surface area contributed by atoms with Crippen LogP contribution in [0.3, 0.4) is 0 Å². The molecular formula is C33H58O3S4Si. The van der Waals surface area contributed by atoms with Gasteiger partial charge in [0, 0.05) is 6.10 Å². The minimum Gasteiger partial charge on any atom is -0.414 e. The van der Waals surface area contributed by atoms with Gasteiger partial charge in [-0.1, -0.05) is 83.7 Å². The van der Waals surface area contributed by atoms with Crippen LogP contribution < -0.4 is 0 Å². The Bertz CT molecular complexity index is 852. The van der Waals surface area contributed by atoms with Gasteiger partial charge in [0.05, 0.1) is 27.5 Å². The van der Waals surface area contributed by atoms with Gasteiger partial charge in [0.2, 0.25) is 0 Å². The van der Waals surface area contributed by atoms with Gasteiger partial charge < -0.3 is 14.3 Å². The second-order valence-electron chi connectivity index (χ2n) is 13.5. The van der Waals surface area contributed by atoms with Crippen molar-refractivity contribution in [2.75, 3.05) is 29.6 Å². The van der Waals surface area contributed by atoms with Crippen molar-refractivity contribution in [3.8, 4) is 0 Å². The summed E-state index contributed by atoms with van der Waals surface area (Å²) in [6.45, 7) is 15.2. The highest BCUT2D eigenvalue weighted by atomic mass is 32.2. The molecule has 1 N–H and O–H groups in total. The Kier molecular flexibility index (Phi) is 15.4. The Morgan fingerprint density at radius 3 is 2.02 bits per heavy atom. The third-order valence-electron chi connectivity index (χ3n) is 8.76. The number of rotatable bonds is 17. The molecule has 0 bridgehead atoms. The highest BCUT2D eigenvalue weighted by Gasteiger charge is 2.46. The molecule has 0 saturated carbocycles. The van der Waals surface area contributed by atoms with Crippen molar-refractivity contribution in [1.29, 1.82) is 0 Å². The zero-order valence-electron chi connectivity index (χ0n) is 26.8. The lowest BCUT2D eigenvalue weighted by molar-refractivity contribution is 0.0209. The zero-order chi connectivity index (χ0) is 29.8. The molecule has 1 aromatic rings. The van der Waals surface area contributed by atoms with Crippen LogP contribution in [0.4, 0.5) is 0 Å². The summed E-state index contributed by atoms with van der Waals surface area (Å²) in [5.74, 6) is 4.89. The number of aliphatic hydroxyl groups is 1. The summed E-state index contributed by atoms with van der Waals surface area (Å²) in [6, 6.07) is 10.3. The van der Waals surface area contributed by atoms with Crippen LogP contribution in [0.25, 0.3) is 0 Å². The Hall–Kier alpha value is 0.717. The minimum absolute atomic E-state index is 0.0196. The first-order valence-electron chi connectivity index (χ1n) is 16.0. The molecule has 1 aromatic carbocycles. The summed E-state index contributed by atoms with van der Waals surface area (Å²) < 4.78 is 13.6. The van der Waals surface area contributed by atoms with Crippen LogP contribution >= 0.6 is 47.0 Å². The first-order valence-corrected chi connectivity index (χ1v) is 22.9. The Morgan fingerprint density at radius 2 is 1.44 bits per heavy atom. The first kappa shape index (κ1) is 36.2. The van der Waals surface area contributed by atoms with Crippen LogP contribution in [-0.4, -0.2) is 63.4 Å². The summed E-state index contributed by atoms with van der Waals surface area (Å²) in [7, 11) is -1.97. The molecule has 2 aliphatic heterocycles. The van der Waals surface area contributed by atoms with E-state index in [1.807, 2.05) is 18.2 Å². The highest BCUT2D eigenvalue weighted by molar-refractivity contribution is 8.19. The average Bonchev–Trinajstić information content (AvgIpc) is 2.92. The first-order chi connectivity index (χ1) is 19.5. The maximum absolute atomic E-state index is 11.3. The smallest absolute Gasteiger partial charge is 0.192 e. The highest BCUT2D eigenvalue weighted by Crippen LogP contribution is 2.54. The molecule has 41 heavy (non-hydrogen) atoms. The van der Waals surface area contributed by atoms with Gasteiger partial charge in [-0.2, -0.15) is 0 Å². The number of hydrogen-bond donors (Lipinski definition) is 1. The predicted octanol–water partition coefficient (Wildman–Crippen LogP) is 10.2. The molecule has 2 heterocycles. The van der Waals surface area contributed by atoms with Crippen molar-refractivity contribution in [3.63, 3.8) is 0 Å². The molecule has 2 atom stereocenters. The van der Waals surface area contributed by atoms with E-state index in [1.54, 1.807) is 0 Å². The molecule has 2 fully saturated rings. The molecule has 0 radical (unpaired) electrons. The number of benzene rings is 1. The quantitative estimate of drug-likeness (QED) is 0.132. The molecule has 0 aliphatic carbocycles. The maximum Gasteiger partial charge on any atom is 0.192 e. The monoisotopic (exact) mass is 658 g/mol. The number of ether oxygens (including phenoxy) is 1. The van der Waals surface area contributed by atoms with Crippen LogP contribution in [0.2, 0.25) is 18.1 Å². The zero-order valence-corrected chi connectivity index (χ0v) is 31.0. The Labute approximate surface area is 270 Å². The third kappa shape index (κ3) is 12.2. The maximum atomic E-state index is 11.3. The lowest BCUT2D eigenvalue weighted by Crippen LogP contribution is -2.48. The topological polar surface area (TPSA) is 38.7 Å². The molecule has 0 unspecified atom stereocenters. The minimum atomic E-state index is -1.97. The third-order valence-corrected chi connectivity index (χ3v) is 20.2. The van der Waals surface area contributed by atoms with Gasteiger partial charge in [0.1, 0.15) is 0 Å². The molecule has 8 heteroatoms. The van der Waals surface area contributed by atoms with Gasteiger partial charge in [-0.05, 0) is 85.2 Å². The molecule has 2 saturated heterocycles. The van der Waals surface area contributed by atoms with E-state index in [4.69, 9.17) is 9.16 Å². The van der Waals surface area contributed by atoms with Gasteiger partial charge >= 0.3 is 0 Å². The lowest BCUT2D eigenvalue weighted by atomic mass is 10.0. The molecular weight excluding hydrogens is 601 g/mol. The van der Waals surface area contributed by atoms with E-state index >= 15 is 0 Å². The number of hydrogen-bond acceptors (Lipinski definition) is 7. The fraction of sp³-hybridized carbons (Fsp3) is 0.818. The van der Waals surface area contributed by atoms with Gasteiger partial charge in [-0.3, -0.25) is 0 Å². The standard InChI is InChI=1S/C33H58O3S4Si/c1-7-8-9-13-18-32(37-19-14-20-38-32)24-30(36-41(5,6)31(2,3)4)25-33(39-21-15-22-40-33)23-29(34)27-35-26-28-16-11-10-12-17-28/h10-12,16-17,29-30,34H,7-9,13-15,18-27H2,1-6H3/t29-,30+/m1/s1. The molecule has 3 rings (SSSR count). The summed E-state index contributed by atoms with van der Waals surface area (Å²) in [5.41, 5.74) is 1.16. The molecule has 0 amide bonds. The van der Waals surface area contributed by atoms with E-state index < -0.39 is 14.4 Å². The summed E-state index contributed by atoms with van der Waals surface area (Å²) in [5, 5.41) is 11.4. The second-order valence-corrected chi connectivity index (χ2v) is 24.7. The predicted molar refractivity (Wildman–Crippen MR) is 191 cm³/mol. The molecule has 3 nitrogen and oxygen atoms in total. The van der Waals surface area contributed by atoms with Crippen molar-refractivity contribution in [2.24, 2.45) is 0 Å². The van der Waals surface area contributed by atoms with Crippen molar-refractivity contribution >= 4 is 55.4 Å².